The molecule has 0 heterocycles. The van der Waals surface area contributed by atoms with Crippen LogP contribution in [0, 0.1) is 11.8 Å². The normalized spacial score (nSPS) is 21.1. The number of carbonyl (C=O) groups is 1. The second kappa shape index (κ2) is 8.30. The number of hydrogen-bond donors (Lipinski definition) is 1. The Morgan fingerprint density at radius 3 is 2.46 bits per heavy atom. The Morgan fingerprint density at radius 2 is 1.79 bits per heavy atom. The van der Waals surface area contributed by atoms with Crippen LogP contribution in [0.2, 0.25) is 0 Å². The Balaban J connectivity index is 1.27. The molecule has 5 nitrogen and oxygen atoms in total. The van der Waals surface area contributed by atoms with Crippen molar-refractivity contribution in [2.45, 2.75) is 26.4 Å². The van der Waals surface area contributed by atoms with Crippen molar-refractivity contribution in [1.29, 1.82) is 0 Å². The topological polar surface area (TPSA) is 59.9 Å². The van der Waals surface area contributed by atoms with Crippen molar-refractivity contribution < 1.29 is 14.3 Å². The largest absolute Gasteiger partial charge is 0.494 e. The molecule has 0 radical (unpaired) electrons. The van der Waals surface area contributed by atoms with Crippen molar-refractivity contribution >= 4 is 11.6 Å². The van der Waals surface area contributed by atoms with Gasteiger partial charge in [-0.1, -0.05) is 24.3 Å². The molecule has 0 saturated heterocycles. The van der Waals surface area contributed by atoms with E-state index in [0.717, 1.165) is 35.6 Å². The third kappa shape index (κ3) is 4.09. The van der Waals surface area contributed by atoms with Crippen LogP contribution < -0.4 is 14.9 Å². The molecule has 2 aliphatic rings. The maximum absolute atomic E-state index is 12.3. The standard InChI is InChI=1S/C23H24N2O3/c1-2-27-19-10-12-20(13-11-19)28-15-16-6-8-17(9-7-16)23(26)25-24-22-14-18-4-3-5-21(18)22/h3-4,6-13,18,21H,2,5,14-15H2,1H3,(H,25,26). The molecule has 0 bridgehead atoms. The zero-order chi connectivity index (χ0) is 19.3. The van der Waals surface area contributed by atoms with Gasteiger partial charge in [0, 0.05) is 17.2 Å². The van der Waals surface area contributed by atoms with Crippen LogP contribution in [0.1, 0.15) is 35.7 Å². The van der Waals surface area contributed by atoms with Gasteiger partial charge in [0.2, 0.25) is 0 Å². The smallest absolute Gasteiger partial charge is 0.271 e. The summed E-state index contributed by atoms with van der Waals surface area (Å²) in [6, 6.07) is 14.9. The van der Waals surface area contributed by atoms with Gasteiger partial charge in [0.25, 0.3) is 5.91 Å². The van der Waals surface area contributed by atoms with Gasteiger partial charge < -0.3 is 9.47 Å². The molecular weight excluding hydrogens is 352 g/mol. The lowest BCUT2D eigenvalue weighted by Gasteiger charge is -2.31. The van der Waals surface area contributed by atoms with Gasteiger partial charge in [-0.25, -0.2) is 5.43 Å². The van der Waals surface area contributed by atoms with Gasteiger partial charge in [-0.2, -0.15) is 5.10 Å². The number of hydrogen-bond acceptors (Lipinski definition) is 4. The van der Waals surface area contributed by atoms with Gasteiger partial charge in [-0.3, -0.25) is 4.79 Å². The number of ether oxygens (including phenoxy) is 2. The minimum absolute atomic E-state index is 0.180. The van der Waals surface area contributed by atoms with Crippen LogP contribution >= 0.6 is 0 Å². The Kier molecular flexibility index (Phi) is 5.42. The molecule has 0 aliphatic heterocycles. The first kappa shape index (κ1) is 18.3. The van der Waals surface area contributed by atoms with Crippen molar-refractivity contribution in [1.82, 2.24) is 5.43 Å². The third-order valence-corrected chi connectivity index (χ3v) is 5.22. The van der Waals surface area contributed by atoms with Gasteiger partial charge in [-0.15, -0.1) is 0 Å². The van der Waals surface area contributed by atoms with Crippen LogP contribution in [0.3, 0.4) is 0 Å². The van der Waals surface area contributed by atoms with Gasteiger partial charge in [0.15, 0.2) is 0 Å². The second-order valence-corrected chi connectivity index (χ2v) is 7.07. The van der Waals surface area contributed by atoms with Gasteiger partial charge in [0.1, 0.15) is 18.1 Å². The molecule has 1 amide bonds. The van der Waals surface area contributed by atoms with Crippen molar-refractivity contribution in [3.8, 4) is 11.5 Å². The van der Waals surface area contributed by atoms with Crippen molar-refractivity contribution in [3.05, 3.63) is 71.8 Å². The van der Waals surface area contributed by atoms with Crippen LogP contribution in [-0.2, 0) is 6.61 Å². The fourth-order valence-electron chi connectivity index (χ4n) is 3.57. The molecule has 4 rings (SSSR count). The second-order valence-electron chi connectivity index (χ2n) is 7.07. The van der Waals surface area contributed by atoms with Crippen LogP contribution in [-0.4, -0.2) is 18.2 Å². The molecular formula is C23H24N2O3. The molecule has 2 aliphatic carbocycles. The molecule has 1 N–H and O–H groups in total. The Labute approximate surface area is 165 Å². The van der Waals surface area contributed by atoms with Crippen LogP contribution in [0.25, 0.3) is 0 Å². The first-order valence-corrected chi connectivity index (χ1v) is 9.71. The molecule has 2 unspecified atom stereocenters. The highest BCUT2D eigenvalue weighted by Crippen LogP contribution is 2.40. The number of nitrogens with zero attached hydrogens (tertiary/aromatic N) is 1. The van der Waals surface area contributed by atoms with E-state index in [2.05, 4.69) is 22.7 Å². The quantitative estimate of drug-likeness (QED) is 0.577. The van der Waals surface area contributed by atoms with E-state index in [1.165, 1.54) is 0 Å². The maximum atomic E-state index is 12.3. The maximum Gasteiger partial charge on any atom is 0.271 e. The zero-order valence-corrected chi connectivity index (χ0v) is 15.9. The van der Waals surface area contributed by atoms with E-state index in [4.69, 9.17) is 9.47 Å². The van der Waals surface area contributed by atoms with Gasteiger partial charge >= 0.3 is 0 Å². The highest BCUT2D eigenvalue weighted by atomic mass is 16.5. The summed E-state index contributed by atoms with van der Waals surface area (Å²) in [6.45, 7) is 3.04. The van der Waals surface area contributed by atoms with Gasteiger partial charge in [-0.05, 0) is 67.6 Å². The molecule has 2 aromatic carbocycles. The predicted molar refractivity (Wildman–Crippen MR) is 109 cm³/mol. The lowest BCUT2D eigenvalue weighted by Crippen LogP contribution is -2.35. The number of carbonyl (C=O) groups excluding carboxylic acids is 1. The van der Waals surface area contributed by atoms with Crippen LogP contribution in [0.4, 0.5) is 0 Å². The molecule has 28 heavy (non-hydrogen) atoms. The summed E-state index contributed by atoms with van der Waals surface area (Å²) in [5.74, 6) is 2.56. The van der Waals surface area contributed by atoms with E-state index < -0.39 is 0 Å². The molecule has 144 valence electrons. The van der Waals surface area contributed by atoms with Gasteiger partial charge in [0.05, 0.1) is 6.61 Å². The number of fused-ring (bicyclic) bond motifs is 1. The first-order valence-electron chi connectivity index (χ1n) is 9.71. The Hall–Kier alpha value is -3.08. The Bertz CT molecular complexity index is 885. The minimum Gasteiger partial charge on any atom is -0.494 e. The summed E-state index contributed by atoms with van der Waals surface area (Å²) >= 11 is 0. The lowest BCUT2D eigenvalue weighted by atomic mass is 9.74. The summed E-state index contributed by atoms with van der Waals surface area (Å²) < 4.78 is 11.2. The summed E-state index contributed by atoms with van der Waals surface area (Å²) in [4.78, 5) is 12.3. The van der Waals surface area contributed by atoms with E-state index in [1.54, 1.807) is 12.1 Å². The van der Waals surface area contributed by atoms with Crippen LogP contribution in [0.5, 0.6) is 11.5 Å². The summed E-state index contributed by atoms with van der Waals surface area (Å²) in [5, 5.41) is 4.31. The highest BCUT2D eigenvalue weighted by molar-refractivity contribution is 5.98. The molecule has 0 spiro atoms. The fourth-order valence-corrected chi connectivity index (χ4v) is 3.57. The fraction of sp³-hybridized carbons (Fsp3) is 0.304. The zero-order valence-electron chi connectivity index (χ0n) is 15.9. The lowest BCUT2D eigenvalue weighted by molar-refractivity contribution is 0.0954. The number of benzene rings is 2. The molecule has 1 saturated carbocycles. The highest BCUT2D eigenvalue weighted by Gasteiger charge is 2.38. The molecule has 2 aromatic rings. The molecule has 2 atom stereocenters. The van der Waals surface area contributed by atoms with Crippen molar-refractivity contribution in [2.75, 3.05) is 6.61 Å². The van der Waals surface area contributed by atoms with E-state index in [0.29, 0.717) is 30.6 Å². The minimum atomic E-state index is -0.180. The summed E-state index contributed by atoms with van der Waals surface area (Å²) in [6.07, 6.45) is 6.46. The molecule has 1 fully saturated rings. The summed E-state index contributed by atoms with van der Waals surface area (Å²) in [7, 11) is 0. The summed E-state index contributed by atoms with van der Waals surface area (Å²) in [5.41, 5.74) is 5.37. The van der Waals surface area contributed by atoms with E-state index in [-0.39, 0.29) is 5.91 Å². The number of hydrazone groups is 1. The van der Waals surface area contributed by atoms with Crippen molar-refractivity contribution in [3.63, 3.8) is 0 Å². The number of rotatable bonds is 7. The third-order valence-electron chi connectivity index (χ3n) is 5.22. The predicted octanol–water partition coefficient (Wildman–Crippen LogP) is 4.35. The SMILES string of the molecule is CCOc1ccc(OCc2ccc(C(=O)NN=C3CC4C=CCC34)cc2)cc1. The molecule has 5 heteroatoms. The van der Waals surface area contributed by atoms with E-state index in [9.17, 15) is 4.79 Å². The number of allylic oxidation sites excluding steroid dienone is 2. The van der Waals surface area contributed by atoms with E-state index >= 15 is 0 Å². The average molecular weight is 376 g/mol. The first-order chi connectivity index (χ1) is 13.7. The number of nitrogens with one attached hydrogen (secondary N) is 1. The van der Waals surface area contributed by atoms with Crippen molar-refractivity contribution in [2.24, 2.45) is 16.9 Å². The van der Waals surface area contributed by atoms with Crippen LogP contribution in [0.15, 0.2) is 65.8 Å². The average Bonchev–Trinajstić information content (AvgIpc) is 3.09. The number of amides is 1. The monoisotopic (exact) mass is 376 g/mol. The molecule has 0 aromatic heterocycles. The van der Waals surface area contributed by atoms with E-state index in [1.807, 2.05) is 43.3 Å². The Morgan fingerprint density at radius 1 is 1.07 bits per heavy atom.